The van der Waals surface area contributed by atoms with Crippen LogP contribution >= 0.6 is 0 Å². The van der Waals surface area contributed by atoms with Gasteiger partial charge in [-0.1, -0.05) is 69.1 Å². The van der Waals surface area contributed by atoms with Crippen LogP contribution in [0, 0.1) is 29.6 Å². The number of aromatic hydroxyl groups is 1. The number of aliphatic hydroxyl groups excluding tert-OH is 4. The minimum Gasteiger partial charge on any atom is -0.504 e. The van der Waals surface area contributed by atoms with Gasteiger partial charge in [-0.15, -0.1) is 0 Å². The van der Waals surface area contributed by atoms with Gasteiger partial charge in [0.05, 0.1) is 18.8 Å². The van der Waals surface area contributed by atoms with Crippen LogP contribution in [0.3, 0.4) is 0 Å². The fraction of sp³-hybridized carbons (Fsp3) is 0.558. The highest BCUT2D eigenvalue weighted by Crippen LogP contribution is 2.51. The van der Waals surface area contributed by atoms with Gasteiger partial charge < -0.3 is 41.0 Å². The SMILES string of the molecule is CC[C@@H]1C#C[C@@H]2C=C[C@@H](c3ccc(O)c(O[C@H](C[C@H](c4ccnc(N)c4)C4(c5ccc[nH]5)CCCCC4)[C@H](O)CO)c3)C[C@@H](O)[C@H]2[C@@H](O)CCCC1. The van der Waals surface area contributed by atoms with E-state index in [0.717, 1.165) is 74.6 Å². The molecule has 3 aromatic rings. The van der Waals surface area contributed by atoms with Crippen molar-refractivity contribution in [2.24, 2.45) is 17.8 Å². The van der Waals surface area contributed by atoms with Gasteiger partial charge in [-0.05, 0) is 98.4 Å². The number of nitrogens with one attached hydrogen (secondary N) is 1. The number of pyridine rings is 1. The van der Waals surface area contributed by atoms with Crippen molar-refractivity contribution < 1.29 is 30.3 Å². The summed E-state index contributed by atoms with van der Waals surface area (Å²) in [5.41, 5.74) is 8.85. The summed E-state index contributed by atoms with van der Waals surface area (Å²) in [7, 11) is 0. The van der Waals surface area contributed by atoms with Crippen molar-refractivity contribution in [1.82, 2.24) is 9.97 Å². The number of nitrogens with zero attached hydrogens (tertiary/aromatic N) is 1. The summed E-state index contributed by atoms with van der Waals surface area (Å²) in [5.74, 6) is 6.65. The first-order valence-electron chi connectivity index (χ1n) is 19.4. The van der Waals surface area contributed by atoms with E-state index in [-0.39, 0.29) is 34.7 Å². The molecule has 0 aliphatic heterocycles. The van der Waals surface area contributed by atoms with Crippen LogP contribution in [0.25, 0.3) is 0 Å². The molecule has 1 aromatic carbocycles. The van der Waals surface area contributed by atoms with E-state index in [9.17, 15) is 25.5 Å². The van der Waals surface area contributed by atoms with E-state index < -0.39 is 36.9 Å². The molecule has 1 saturated carbocycles. The Morgan fingerprint density at radius 2 is 1.81 bits per heavy atom. The lowest BCUT2D eigenvalue weighted by Crippen LogP contribution is -2.43. The van der Waals surface area contributed by atoms with Crippen LogP contribution in [-0.2, 0) is 5.41 Å². The zero-order valence-corrected chi connectivity index (χ0v) is 30.4. The van der Waals surface area contributed by atoms with Crippen LogP contribution in [0.2, 0.25) is 0 Å². The van der Waals surface area contributed by atoms with Crippen molar-refractivity contribution in [2.75, 3.05) is 12.3 Å². The van der Waals surface area contributed by atoms with E-state index in [4.69, 9.17) is 10.5 Å². The average molecular weight is 712 g/mol. The number of fused-ring (bicyclic) bond motifs is 1. The number of nitrogens with two attached hydrogens (primary N) is 1. The zero-order valence-electron chi connectivity index (χ0n) is 30.4. The van der Waals surface area contributed by atoms with Crippen molar-refractivity contribution in [1.29, 1.82) is 0 Å². The first kappa shape index (κ1) is 37.9. The Morgan fingerprint density at radius 1 is 1.00 bits per heavy atom. The summed E-state index contributed by atoms with van der Waals surface area (Å²) in [6, 6.07) is 13.2. The van der Waals surface area contributed by atoms with E-state index in [1.807, 2.05) is 36.5 Å². The molecule has 6 rings (SSSR count). The summed E-state index contributed by atoms with van der Waals surface area (Å²) in [6.45, 7) is 1.64. The molecule has 0 radical (unpaired) electrons. The molecule has 2 heterocycles. The Morgan fingerprint density at radius 3 is 2.54 bits per heavy atom. The molecule has 0 saturated heterocycles. The maximum absolute atomic E-state index is 11.6. The number of ether oxygens (including phenoxy) is 1. The van der Waals surface area contributed by atoms with Crippen LogP contribution in [0.4, 0.5) is 5.82 Å². The molecule has 9 heteroatoms. The Kier molecular flexibility index (Phi) is 12.7. The monoisotopic (exact) mass is 711 g/mol. The molecular weight excluding hydrogens is 654 g/mol. The lowest BCUT2D eigenvalue weighted by Gasteiger charge is -2.45. The van der Waals surface area contributed by atoms with Crippen LogP contribution in [0.5, 0.6) is 11.5 Å². The van der Waals surface area contributed by atoms with E-state index in [2.05, 4.69) is 40.9 Å². The van der Waals surface area contributed by atoms with E-state index in [0.29, 0.717) is 31.0 Å². The van der Waals surface area contributed by atoms with Gasteiger partial charge in [0.1, 0.15) is 18.0 Å². The summed E-state index contributed by atoms with van der Waals surface area (Å²) < 4.78 is 6.55. The second-order valence-corrected chi connectivity index (χ2v) is 15.4. The van der Waals surface area contributed by atoms with Crippen molar-refractivity contribution in [3.8, 4) is 23.3 Å². The van der Waals surface area contributed by atoms with Crippen LogP contribution < -0.4 is 10.5 Å². The molecule has 8 N–H and O–H groups in total. The second-order valence-electron chi connectivity index (χ2n) is 15.4. The van der Waals surface area contributed by atoms with Gasteiger partial charge in [0.25, 0.3) is 0 Å². The highest BCUT2D eigenvalue weighted by molar-refractivity contribution is 5.45. The molecule has 0 bridgehead atoms. The number of rotatable bonds is 11. The Hall–Kier alpha value is -3.81. The van der Waals surface area contributed by atoms with E-state index in [1.165, 1.54) is 0 Å². The number of allylic oxidation sites excluding steroid dienone is 2. The molecule has 3 aliphatic rings. The Labute approximate surface area is 308 Å². The molecule has 0 unspecified atom stereocenters. The smallest absolute Gasteiger partial charge is 0.161 e. The predicted octanol–water partition coefficient (Wildman–Crippen LogP) is 6.48. The summed E-state index contributed by atoms with van der Waals surface area (Å²) >= 11 is 0. The number of H-pyrrole nitrogens is 1. The molecule has 1 fully saturated rings. The number of aromatic amines is 1. The normalized spacial score (nSPS) is 27.9. The summed E-state index contributed by atoms with van der Waals surface area (Å²) in [5, 5.41) is 55.5. The third kappa shape index (κ3) is 8.52. The first-order valence-corrected chi connectivity index (χ1v) is 19.4. The van der Waals surface area contributed by atoms with Crippen LogP contribution in [0.1, 0.15) is 113 Å². The van der Waals surface area contributed by atoms with Crippen LogP contribution in [-0.4, -0.2) is 66.5 Å². The second kappa shape index (κ2) is 17.3. The minimum atomic E-state index is -1.23. The fourth-order valence-electron chi connectivity index (χ4n) is 9.18. The third-order valence-electron chi connectivity index (χ3n) is 12.1. The third-order valence-corrected chi connectivity index (χ3v) is 12.1. The molecule has 9 nitrogen and oxygen atoms in total. The molecule has 52 heavy (non-hydrogen) atoms. The standard InChI is InChI=1S/C43H57N3O6/c1-2-28-9-4-5-10-35(49)42-29(13-12-28)14-15-30(23-36(42)50)31-16-17-34(48)38(24-31)52-39(37(51)27-47)26-33(32-18-22-46-41(44)25-32)43(19-6-3-7-20-43)40-11-8-21-45-40/h8,11,14-18,21-22,24-25,28-30,33,35-37,39,42,45,47-51H,2-7,9-10,19-20,23,26-27H2,1H3,(H2,44,46)/t28-,29+,30+,33+,35-,36+,37+,39+,42+/m0/s1. The largest absolute Gasteiger partial charge is 0.504 e. The average Bonchev–Trinajstić information content (AvgIpc) is 3.65. The lowest BCUT2D eigenvalue weighted by atomic mass is 9.60. The number of phenols is 1. The van der Waals surface area contributed by atoms with Gasteiger partial charge in [-0.25, -0.2) is 4.98 Å². The molecular formula is C43H57N3O6. The van der Waals surface area contributed by atoms with Crippen molar-refractivity contribution >= 4 is 5.82 Å². The van der Waals surface area contributed by atoms with Crippen molar-refractivity contribution in [3.05, 3.63) is 83.8 Å². The molecule has 0 amide bonds. The lowest BCUT2D eigenvalue weighted by molar-refractivity contribution is -0.0139. The maximum atomic E-state index is 11.6. The molecule has 280 valence electrons. The molecule has 9 atom stereocenters. The van der Waals surface area contributed by atoms with Gasteiger partial charge >= 0.3 is 0 Å². The molecule has 0 spiro atoms. The van der Waals surface area contributed by atoms with Gasteiger partial charge in [0.15, 0.2) is 11.5 Å². The van der Waals surface area contributed by atoms with Gasteiger partial charge in [0.2, 0.25) is 0 Å². The first-order chi connectivity index (χ1) is 25.2. The van der Waals surface area contributed by atoms with Crippen molar-refractivity contribution in [3.63, 3.8) is 0 Å². The maximum Gasteiger partial charge on any atom is 0.161 e. The van der Waals surface area contributed by atoms with Crippen molar-refractivity contribution in [2.45, 2.75) is 126 Å². The number of nitrogen functional groups attached to an aromatic ring is 1. The van der Waals surface area contributed by atoms with E-state index in [1.54, 1.807) is 18.3 Å². The predicted molar refractivity (Wildman–Crippen MR) is 203 cm³/mol. The Balaban J connectivity index is 1.32. The number of benzene rings is 1. The molecule has 2 aromatic heterocycles. The van der Waals surface area contributed by atoms with Gasteiger partial charge in [0, 0.05) is 47.2 Å². The topological polar surface area (TPSA) is 165 Å². The highest BCUT2D eigenvalue weighted by Gasteiger charge is 2.45. The Bertz CT molecular complexity index is 1680. The number of phenolic OH excluding ortho intramolecular Hbond substituents is 1. The number of aromatic nitrogens is 2. The number of hydrogen-bond donors (Lipinski definition) is 7. The van der Waals surface area contributed by atoms with Gasteiger partial charge in [-0.3, -0.25) is 0 Å². The number of hydrogen-bond acceptors (Lipinski definition) is 8. The number of aliphatic hydroxyl groups is 4. The summed E-state index contributed by atoms with van der Waals surface area (Å²) in [6.07, 6.45) is 14.6. The van der Waals surface area contributed by atoms with E-state index >= 15 is 0 Å². The van der Waals surface area contributed by atoms with Gasteiger partial charge in [-0.2, -0.15) is 0 Å². The highest BCUT2D eigenvalue weighted by atomic mass is 16.5. The molecule has 3 aliphatic carbocycles. The fourth-order valence-corrected chi connectivity index (χ4v) is 9.18. The quantitative estimate of drug-likeness (QED) is 0.0878. The van der Waals surface area contributed by atoms with Crippen LogP contribution in [0.15, 0.2) is 67.0 Å². The zero-order chi connectivity index (χ0) is 36.7. The number of anilines is 1. The summed E-state index contributed by atoms with van der Waals surface area (Å²) in [4.78, 5) is 7.74. The minimum absolute atomic E-state index is 0.0838.